The molecule has 0 amide bonds. The highest BCUT2D eigenvalue weighted by atomic mass is 79.9. The van der Waals surface area contributed by atoms with Crippen molar-refractivity contribution < 1.29 is 0 Å². The lowest BCUT2D eigenvalue weighted by Crippen LogP contribution is -2.12. The molecule has 0 bridgehead atoms. The molecule has 0 fully saturated rings. The Morgan fingerprint density at radius 3 is 2.38 bits per heavy atom. The van der Waals surface area contributed by atoms with Gasteiger partial charge in [-0.25, -0.2) is 0 Å². The first-order valence-electron chi connectivity index (χ1n) is 5.25. The van der Waals surface area contributed by atoms with E-state index in [1.807, 2.05) is 18.2 Å². The zero-order chi connectivity index (χ0) is 11.5. The third-order valence-corrected chi connectivity index (χ3v) is 3.34. The number of halogens is 1. The number of hydrogen-bond donors (Lipinski definition) is 1. The van der Waals surface area contributed by atoms with E-state index in [4.69, 9.17) is 5.73 Å². The van der Waals surface area contributed by atoms with E-state index in [1.165, 1.54) is 5.56 Å². The maximum atomic E-state index is 6.24. The zero-order valence-corrected chi connectivity index (χ0v) is 10.7. The Hall–Kier alpha value is -1.12. The molecule has 2 aromatic rings. The molecule has 0 radical (unpaired) electrons. The Labute approximate surface area is 104 Å². The van der Waals surface area contributed by atoms with E-state index in [0.717, 1.165) is 15.6 Å². The minimum atomic E-state index is -0.0730. The second-order valence-electron chi connectivity index (χ2n) is 3.91. The molecular weight excluding hydrogens is 262 g/mol. The summed E-state index contributed by atoms with van der Waals surface area (Å²) in [5.74, 6) is 0. The SMILES string of the molecule is Cc1ccc(C(N)c2ccccc2)c(Br)c1. The Balaban J connectivity index is 2.38. The maximum Gasteiger partial charge on any atom is 0.0562 e. The number of benzene rings is 2. The average Bonchev–Trinajstić information content (AvgIpc) is 2.29. The fraction of sp³-hybridized carbons (Fsp3) is 0.143. The Bertz CT molecular complexity index is 479. The smallest absolute Gasteiger partial charge is 0.0562 e. The molecule has 2 N–H and O–H groups in total. The molecule has 0 heterocycles. The molecule has 1 unspecified atom stereocenters. The Kier molecular flexibility index (Phi) is 3.42. The molecular formula is C14H14BrN. The van der Waals surface area contributed by atoms with Crippen LogP contribution in [0.5, 0.6) is 0 Å². The fourth-order valence-electron chi connectivity index (χ4n) is 1.72. The number of aryl methyl sites for hydroxylation is 1. The Morgan fingerprint density at radius 2 is 1.75 bits per heavy atom. The number of nitrogens with two attached hydrogens (primary N) is 1. The van der Waals surface area contributed by atoms with E-state index in [9.17, 15) is 0 Å². The van der Waals surface area contributed by atoms with Gasteiger partial charge in [-0.05, 0) is 29.7 Å². The second-order valence-corrected chi connectivity index (χ2v) is 4.77. The molecule has 2 heteroatoms. The molecule has 0 aliphatic rings. The van der Waals surface area contributed by atoms with Crippen LogP contribution in [0.25, 0.3) is 0 Å². The summed E-state index contributed by atoms with van der Waals surface area (Å²) < 4.78 is 1.07. The predicted molar refractivity (Wildman–Crippen MR) is 71.4 cm³/mol. The van der Waals surface area contributed by atoms with Crippen molar-refractivity contribution in [2.75, 3.05) is 0 Å². The maximum absolute atomic E-state index is 6.24. The van der Waals surface area contributed by atoms with Crippen LogP contribution in [-0.2, 0) is 0 Å². The number of hydrogen-bond acceptors (Lipinski definition) is 1. The van der Waals surface area contributed by atoms with Gasteiger partial charge in [0.05, 0.1) is 6.04 Å². The minimum Gasteiger partial charge on any atom is -0.320 e. The lowest BCUT2D eigenvalue weighted by Gasteiger charge is -2.14. The van der Waals surface area contributed by atoms with Crippen molar-refractivity contribution in [1.29, 1.82) is 0 Å². The molecule has 1 nitrogen and oxygen atoms in total. The predicted octanol–water partition coefficient (Wildman–Crippen LogP) is 3.81. The fourth-order valence-corrected chi connectivity index (χ4v) is 2.46. The van der Waals surface area contributed by atoms with Crippen LogP contribution in [0.4, 0.5) is 0 Å². The van der Waals surface area contributed by atoms with Crippen LogP contribution in [0.15, 0.2) is 53.0 Å². The van der Waals surface area contributed by atoms with Crippen molar-refractivity contribution in [2.45, 2.75) is 13.0 Å². The van der Waals surface area contributed by atoms with Crippen LogP contribution in [0, 0.1) is 6.92 Å². The van der Waals surface area contributed by atoms with Crippen LogP contribution in [0.1, 0.15) is 22.7 Å². The molecule has 0 spiro atoms. The molecule has 1 atom stereocenters. The van der Waals surface area contributed by atoms with Crippen molar-refractivity contribution in [1.82, 2.24) is 0 Å². The summed E-state index contributed by atoms with van der Waals surface area (Å²) in [6.07, 6.45) is 0. The van der Waals surface area contributed by atoms with Gasteiger partial charge in [0.15, 0.2) is 0 Å². The van der Waals surface area contributed by atoms with Gasteiger partial charge in [-0.2, -0.15) is 0 Å². The van der Waals surface area contributed by atoms with E-state index in [1.54, 1.807) is 0 Å². The molecule has 0 aliphatic heterocycles. The largest absolute Gasteiger partial charge is 0.320 e. The van der Waals surface area contributed by atoms with E-state index >= 15 is 0 Å². The van der Waals surface area contributed by atoms with Gasteiger partial charge >= 0.3 is 0 Å². The summed E-state index contributed by atoms with van der Waals surface area (Å²) in [5, 5.41) is 0. The van der Waals surface area contributed by atoms with Crippen LogP contribution in [-0.4, -0.2) is 0 Å². The van der Waals surface area contributed by atoms with Crippen LogP contribution in [0.3, 0.4) is 0 Å². The first kappa shape index (κ1) is 11.4. The molecule has 2 rings (SSSR count). The summed E-state index contributed by atoms with van der Waals surface area (Å²) in [5.41, 5.74) is 9.72. The third-order valence-electron chi connectivity index (χ3n) is 2.65. The molecule has 2 aromatic carbocycles. The summed E-state index contributed by atoms with van der Waals surface area (Å²) in [6.45, 7) is 2.07. The van der Waals surface area contributed by atoms with Crippen molar-refractivity contribution >= 4 is 15.9 Å². The lowest BCUT2D eigenvalue weighted by molar-refractivity contribution is 0.865. The van der Waals surface area contributed by atoms with Gasteiger partial charge < -0.3 is 5.73 Å². The van der Waals surface area contributed by atoms with Crippen molar-refractivity contribution in [3.63, 3.8) is 0 Å². The van der Waals surface area contributed by atoms with Gasteiger partial charge in [0.25, 0.3) is 0 Å². The molecule has 0 saturated heterocycles. The van der Waals surface area contributed by atoms with Crippen molar-refractivity contribution in [3.05, 3.63) is 69.7 Å². The van der Waals surface area contributed by atoms with Gasteiger partial charge in [0.1, 0.15) is 0 Å². The molecule has 0 aromatic heterocycles. The summed E-state index contributed by atoms with van der Waals surface area (Å²) >= 11 is 3.56. The summed E-state index contributed by atoms with van der Waals surface area (Å²) in [4.78, 5) is 0. The normalized spacial score (nSPS) is 12.4. The highest BCUT2D eigenvalue weighted by Gasteiger charge is 2.11. The van der Waals surface area contributed by atoms with Crippen molar-refractivity contribution in [2.24, 2.45) is 5.73 Å². The van der Waals surface area contributed by atoms with E-state index in [2.05, 4.69) is 53.2 Å². The first-order chi connectivity index (χ1) is 7.68. The number of rotatable bonds is 2. The molecule has 0 aliphatic carbocycles. The molecule has 16 heavy (non-hydrogen) atoms. The standard InChI is InChI=1S/C14H14BrN/c1-10-7-8-12(13(15)9-10)14(16)11-5-3-2-4-6-11/h2-9,14H,16H2,1H3. The van der Waals surface area contributed by atoms with E-state index in [-0.39, 0.29) is 6.04 Å². The molecule has 0 saturated carbocycles. The first-order valence-corrected chi connectivity index (χ1v) is 6.04. The summed E-state index contributed by atoms with van der Waals surface area (Å²) in [7, 11) is 0. The zero-order valence-electron chi connectivity index (χ0n) is 9.15. The van der Waals surface area contributed by atoms with E-state index < -0.39 is 0 Å². The average molecular weight is 276 g/mol. The summed E-state index contributed by atoms with van der Waals surface area (Å²) in [6, 6.07) is 16.3. The lowest BCUT2D eigenvalue weighted by atomic mass is 9.99. The topological polar surface area (TPSA) is 26.0 Å². The van der Waals surface area contributed by atoms with Gasteiger partial charge in [-0.15, -0.1) is 0 Å². The van der Waals surface area contributed by atoms with Crippen LogP contribution in [0.2, 0.25) is 0 Å². The molecule has 82 valence electrons. The quantitative estimate of drug-likeness (QED) is 0.887. The highest BCUT2D eigenvalue weighted by molar-refractivity contribution is 9.10. The monoisotopic (exact) mass is 275 g/mol. The van der Waals surface area contributed by atoms with Crippen molar-refractivity contribution in [3.8, 4) is 0 Å². The second kappa shape index (κ2) is 4.81. The van der Waals surface area contributed by atoms with Crippen LogP contribution < -0.4 is 5.73 Å². The van der Waals surface area contributed by atoms with Gasteiger partial charge in [-0.1, -0.05) is 58.4 Å². The van der Waals surface area contributed by atoms with Crippen LogP contribution >= 0.6 is 15.9 Å². The Morgan fingerprint density at radius 1 is 1.06 bits per heavy atom. The van der Waals surface area contributed by atoms with E-state index in [0.29, 0.717) is 0 Å². The third kappa shape index (κ3) is 2.34. The van der Waals surface area contributed by atoms with Gasteiger partial charge in [0.2, 0.25) is 0 Å². The highest BCUT2D eigenvalue weighted by Crippen LogP contribution is 2.27. The van der Waals surface area contributed by atoms with Gasteiger partial charge in [-0.3, -0.25) is 0 Å². The van der Waals surface area contributed by atoms with Gasteiger partial charge in [0, 0.05) is 4.47 Å². The minimum absolute atomic E-state index is 0.0730.